The molecule has 252 valence electrons. The first-order valence-corrected chi connectivity index (χ1v) is 16.0. The Morgan fingerprint density at radius 1 is 0.979 bits per heavy atom. The number of hydrogen-bond donors (Lipinski definition) is 2. The van der Waals surface area contributed by atoms with E-state index >= 15 is 0 Å². The van der Waals surface area contributed by atoms with Gasteiger partial charge in [-0.2, -0.15) is 4.99 Å². The lowest BCUT2D eigenvalue weighted by atomic mass is 9.95. The molecule has 10 heteroatoms. The Balaban J connectivity index is 0.00000145. The highest BCUT2D eigenvalue weighted by Crippen LogP contribution is 2.29. The van der Waals surface area contributed by atoms with Gasteiger partial charge in [-0.25, -0.2) is 9.97 Å². The summed E-state index contributed by atoms with van der Waals surface area (Å²) in [5.41, 5.74) is 17.2. The molecule has 2 aromatic heterocycles. The molecule has 10 nitrogen and oxygen atoms in total. The summed E-state index contributed by atoms with van der Waals surface area (Å²) in [6, 6.07) is 19.3. The van der Waals surface area contributed by atoms with E-state index in [0.29, 0.717) is 35.6 Å². The van der Waals surface area contributed by atoms with Crippen molar-refractivity contribution in [2.45, 2.75) is 73.6 Å². The number of nitrogens with two attached hydrogens (primary N) is 2. The smallest absolute Gasteiger partial charge is 0.388 e. The monoisotopic (exact) mass is 642 g/mol. The molecule has 0 saturated heterocycles. The number of rotatable bonds is 10. The Morgan fingerprint density at radius 2 is 1.62 bits per heavy atom. The summed E-state index contributed by atoms with van der Waals surface area (Å²) in [5.74, 6) is 0.850. The van der Waals surface area contributed by atoms with Crippen molar-refractivity contribution in [3.63, 3.8) is 0 Å². The maximum absolute atomic E-state index is 13.9. The summed E-state index contributed by atoms with van der Waals surface area (Å²) in [7, 11) is 2.98. The Bertz CT molecular complexity index is 1640. The second-order valence-electron chi connectivity index (χ2n) is 10.3. The van der Waals surface area contributed by atoms with Gasteiger partial charge in [-0.15, -0.1) is 0 Å². The van der Waals surface area contributed by atoms with E-state index in [1.165, 1.54) is 20.6 Å². The van der Waals surface area contributed by atoms with Crippen LogP contribution in [0.3, 0.4) is 0 Å². The molecule has 2 aromatic carbocycles. The van der Waals surface area contributed by atoms with Crippen molar-refractivity contribution in [3.05, 3.63) is 112 Å². The zero-order chi connectivity index (χ0) is 34.9. The highest BCUT2D eigenvalue weighted by Gasteiger charge is 2.17. The standard InChI is InChI=1S/C32H36N6O4.C3H8.C2H6/c1-6-9-28-27(30(39)38(21(3)37-28)24-16-17-29(35-19-24)42-31(33)34)18-22-12-14-23(15-13-22)26-11-8-7-10-25(26)20(2)36-32(40-4)41-5;1-3-2;1-2/h7-8,10-17,19,31H,2,6,9,18,33-34H2,1,3-5H3;3H2,1-2H3;1-2H3. The molecule has 0 amide bonds. The predicted molar refractivity (Wildman–Crippen MR) is 192 cm³/mol. The number of ether oxygens (including phenoxy) is 3. The molecule has 0 saturated carbocycles. The molecule has 0 aliphatic carbocycles. The average Bonchev–Trinajstić information content (AvgIpc) is 3.07. The molecule has 47 heavy (non-hydrogen) atoms. The van der Waals surface area contributed by atoms with E-state index in [2.05, 4.69) is 37.3 Å². The van der Waals surface area contributed by atoms with Crippen molar-refractivity contribution >= 4 is 11.8 Å². The fourth-order valence-corrected chi connectivity index (χ4v) is 4.70. The average molecular weight is 643 g/mol. The molecular formula is C37H50N6O4. The van der Waals surface area contributed by atoms with Crippen molar-refractivity contribution in [3.8, 4) is 22.7 Å². The van der Waals surface area contributed by atoms with Crippen molar-refractivity contribution < 1.29 is 14.2 Å². The van der Waals surface area contributed by atoms with Gasteiger partial charge < -0.3 is 14.2 Å². The molecule has 0 atom stereocenters. The summed E-state index contributed by atoms with van der Waals surface area (Å²) in [6.07, 6.45) is 3.94. The van der Waals surface area contributed by atoms with Crippen molar-refractivity contribution in [1.82, 2.24) is 14.5 Å². The molecule has 0 spiro atoms. The minimum atomic E-state index is -0.985. The van der Waals surface area contributed by atoms with Crippen molar-refractivity contribution in [1.29, 1.82) is 0 Å². The number of aliphatic imine (C=N–C) groups is 1. The second kappa shape index (κ2) is 19.7. The third kappa shape index (κ3) is 10.6. The summed E-state index contributed by atoms with van der Waals surface area (Å²) >= 11 is 0. The van der Waals surface area contributed by atoms with Gasteiger partial charge in [0.25, 0.3) is 5.56 Å². The third-order valence-electron chi connectivity index (χ3n) is 6.61. The van der Waals surface area contributed by atoms with Gasteiger partial charge in [-0.3, -0.25) is 20.8 Å². The fraction of sp³-hybridized carbons (Fsp3) is 0.351. The molecule has 0 bridgehead atoms. The first-order chi connectivity index (χ1) is 22.7. The van der Waals surface area contributed by atoms with Gasteiger partial charge in [0.2, 0.25) is 12.2 Å². The van der Waals surface area contributed by atoms with E-state index in [0.717, 1.165) is 34.4 Å². The van der Waals surface area contributed by atoms with E-state index in [4.69, 9.17) is 30.7 Å². The lowest BCUT2D eigenvalue weighted by Gasteiger charge is -2.16. The van der Waals surface area contributed by atoms with Crippen LogP contribution in [0.15, 0.2) is 83.2 Å². The van der Waals surface area contributed by atoms with Crippen LogP contribution in [-0.4, -0.2) is 41.2 Å². The number of benzene rings is 2. The first-order valence-electron chi connectivity index (χ1n) is 16.0. The normalized spacial score (nSPS) is 10.2. The maximum atomic E-state index is 13.9. The minimum Gasteiger partial charge on any atom is -0.454 e. The van der Waals surface area contributed by atoms with Crippen LogP contribution in [0.2, 0.25) is 0 Å². The number of pyridine rings is 1. The molecule has 0 unspecified atom stereocenters. The van der Waals surface area contributed by atoms with E-state index in [-0.39, 0.29) is 17.5 Å². The van der Waals surface area contributed by atoms with Crippen LogP contribution < -0.4 is 21.8 Å². The van der Waals surface area contributed by atoms with Crippen LogP contribution in [0.25, 0.3) is 22.5 Å². The molecule has 0 aliphatic heterocycles. The van der Waals surface area contributed by atoms with Gasteiger partial charge in [0, 0.05) is 23.6 Å². The van der Waals surface area contributed by atoms with Crippen LogP contribution in [0.4, 0.5) is 0 Å². The van der Waals surface area contributed by atoms with E-state index in [1.54, 1.807) is 22.9 Å². The Labute approximate surface area is 279 Å². The topological polar surface area (TPSA) is 140 Å². The van der Waals surface area contributed by atoms with Gasteiger partial charge in [-0.1, -0.05) is 103 Å². The first kappa shape index (κ1) is 38.4. The molecular weight excluding hydrogens is 592 g/mol. The fourth-order valence-electron chi connectivity index (χ4n) is 4.70. The summed E-state index contributed by atoms with van der Waals surface area (Å²) in [4.78, 5) is 27.3. The number of hydrogen-bond acceptors (Lipinski definition) is 9. The number of aryl methyl sites for hydroxylation is 2. The number of nitrogens with zero attached hydrogens (tertiary/aromatic N) is 4. The number of aromatic nitrogens is 3. The lowest BCUT2D eigenvalue weighted by Crippen LogP contribution is -2.36. The highest BCUT2D eigenvalue weighted by molar-refractivity contribution is 5.84. The number of methoxy groups -OCH3 is 2. The van der Waals surface area contributed by atoms with Crippen LogP contribution >= 0.6 is 0 Å². The predicted octanol–water partition coefficient (Wildman–Crippen LogP) is 6.79. The zero-order valence-electron chi connectivity index (χ0n) is 29.0. The van der Waals surface area contributed by atoms with Gasteiger partial charge in [0.15, 0.2) is 0 Å². The Morgan fingerprint density at radius 3 is 2.17 bits per heavy atom. The third-order valence-corrected chi connectivity index (χ3v) is 6.61. The molecule has 0 radical (unpaired) electrons. The molecule has 4 aromatic rings. The van der Waals surface area contributed by atoms with Crippen molar-refractivity contribution in [2.75, 3.05) is 14.2 Å². The highest BCUT2D eigenvalue weighted by atomic mass is 16.7. The van der Waals surface area contributed by atoms with E-state index < -0.39 is 6.35 Å². The minimum absolute atomic E-state index is 0.130. The van der Waals surface area contributed by atoms with Gasteiger partial charge >= 0.3 is 6.08 Å². The molecule has 4 rings (SSSR count). The maximum Gasteiger partial charge on any atom is 0.388 e. The molecule has 0 fully saturated rings. The van der Waals surface area contributed by atoms with Crippen LogP contribution in [0.1, 0.15) is 75.7 Å². The Kier molecular flexibility index (Phi) is 16.1. The Hall–Kier alpha value is -4.80. The largest absolute Gasteiger partial charge is 0.454 e. The van der Waals surface area contributed by atoms with Crippen LogP contribution in [0.5, 0.6) is 5.88 Å². The van der Waals surface area contributed by atoms with E-state index in [1.807, 2.05) is 69.3 Å². The zero-order valence-corrected chi connectivity index (χ0v) is 29.0. The van der Waals surface area contributed by atoms with E-state index in [9.17, 15) is 4.79 Å². The van der Waals surface area contributed by atoms with Gasteiger partial charge in [0.05, 0.1) is 37.5 Å². The second-order valence-corrected chi connectivity index (χ2v) is 10.3. The van der Waals surface area contributed by atoms with Crippen molar-refractivity contribution in [2.24, 2.45) is 16.5 Å². The SMILES string of the molecule is C=C(N=C(OC)OC)c1ccccc1-c1ccc(Cc2c(CCC)nc(C)n(-c3ccc(OC(N)N)nc3)c2=O)cc1.CC.CCC. The summed E-state index contributed by atoms with van der Waals surface area (Å²) in [5, 5.41) is 0. The molecule has 0 aliphatic rings. The lowest BCUT2D eigenvalue weighted by molar-refractivity contribution is 0.208. The van der Waals surface area contributed by atoms with Crippen LogP contribution in [-0.2, 0) is 22.3 Å². The summed E-state index contributed by atoms with van der Waals surface area (Å²) < 4.78 is 17.0. The quantitative estimate of drug-likeness (QED) is 0.110. The van der Waals surface area contributed by atoms with Gasteiger partial charge in [0.1, 0.15) is 5.82 Å². The van der Waals surface area contributed by atoms with Crippen LogP contribution in [0, 0.1) is 6.92 Å². The molecule has 4 N–H and O–H groups in total. The molecule has 2 heterocycles. The van der Waals surface area contributed by atoms with Gasteiger partial charge in [-0.05, 0) is 36.1 Å². The summed E-state index contributed by atoms with van der Waals surface area (Å²) in [6.45, 7) is 16.2.